The number of nitrogens with zero attached hydrogens (tertiary/aromatic N) is 8. The van der Waals surface area contributed by atoms with E-state index in [2.05, 4.69) is 35.9 Å². The molecule has 1 atom stereocenters. The molecule has 0 aliphatic carbocycles. The standard InChI is InChI=1S/C19H20FN9/c1-12-4-5-15(20)16(10-12)29-26-17(23-27-29)13(2)11-22-19-25-24-18(28(19)3)14-6-8-21-9-7-14/h4-10,13H,11H2,1-3H3,(H,22,25). The van der Waals surface area contributed by atoms with Gasteiger partial charge in [0.05, 0.1) is 0 Å². The van der Waals surface area contributed by atoms with Crippen LogP contribution in [-0.4, -0.2) is 46.5 Å². The first-order chi connectivity index (χ1) is 14.0. The van der Waals surface area contributed by atoms with E-state index in [0.29, 0.717) is 18.3 Å². The van der Waals surface area contributed by atoms with Crippen LogP contribution in [0.1, 0.15) is 24.2 Å². The highest BCUT2D eigenvalue weighted by Gasteiger charge is 2.17. The molecule has 3 heterocycles. The van der Waals surface area contributed by atoms with Crippen molar-refractivity contribution < 1.29 is 4.39 Å². The van der Waals surface area contributed by atoms with Crippen LogP contribution < -0.4 is 5.32 Å². The SMILES string of the molecule is Cc1ccc(F)c(-n2nnc(C(C)CNc3nnc(-c4ccncc4)n3C)n2)c1. The first-order valence-electron chi connectivity index (χ1n) is 9.13. The summed E-state index contributed by atoms with van der Waals surface area (Å²) < 4.78 is 15.9. The molecule has 0 amide bonds. The van der Waals surface area contributed by atoms with Gasteiger partial charge in [0.25, 0.3) is 0 Å². The molecule has 0 bridgehead atoms. The van der Waals surface area contributed by atoms with E-state index in [4.69, 9.17) is 0 Å². The Kier molecular flexibility index (Phi) is 4.98. The van der Waals surface area contributed by atoms with Gasteiger partial charge in [0, 0.05) is 37.5 Å². The van der Waals surface area contributed by atoms with E-state index >= 15 is 0 Å². The van der Waals surface area contributed by atoms with E-state index < -0.39 is 5.82 Å². The lowest BCUT2D eigenvalue weighted by atomic mass is 10.2. The fourth-order valence-corrected chi connectivity index (χ4v) is 2.87. The zero-order valence-corrected chi connectivity index (χ0v) is 16.3. The Morgan fingerprint density at radius 3 is 2.69 bits per heavy atom. The van der Waals surface area contributed by atoms with Gasteiger partial charge in [-0.25, -0.2) is 4.39 Å². The van der Waals surface area contributed by atoms with E-state index in [1.807, 2.05) is 37.6 Å². The maximum Gasteiger partial charge on any atom is 0.224 e. The van der Waals surface area contributed by atoms with Crippen LogP contribution in [0.4, 0.5) is 10.3 Å². The molecule has 4 aromatic rings. The number of halogens is 1. The second-order valence-corrected chi connectivity index (χ2v) is 6.82. The second-order valence-electron chi connectivity index (χ2n) is 6.82. The van der Waals surface area contributed by atoms with Crippen LogP contribution in [0.2, 0.25) is 0 Å². The zero-order chi connectivity index (χ0) is 20.4. The van der Waals surface area contributed by atoms with Crippen LogP contribution in [-0.2, 0) is 7.05 Å². The first-order valence-corrected chi connectivity index (χ1v) is 9.13. The summed E-state index contributed by atoms with van der Waals surface area (Å²) in [6.45, 7) is 4.36. The highest BCUT2D eigenvalue weighted by molar-refractivity contribution is 5.56. The predicted molar refractivity (Wildman–Crippen MR) is 105 cm³/mol. The first kappa shape index (κ1) is 18.7. The monoisotopic (exact) mass is 393 g/mol. The molecule has 4 rings (SSSR count). The van der Waals surface area contributed by atoms with E-state index in [9.17, 15) is 4.39 Å². The summed E-state index contributed by atoms with van der Waals surface area (Å²) in [5.41, 5.74) is 2.13. The molecule has 3 aromatic heterocycles. The minimum absolute atomic E-state index is 0.0716. The number of nitrogens with one attached hydrogen (secondary N) is 1. The Hall–Kier alpha value is -3.69. The molecule has 148 valence electrons. The number of benzene rings is 1. The summed E-state index contributed by atoms with van der Waals surface area (Å²) in [4.78, 5) is 5.24. The average molecular weight is 393 g/mol. The van der Waals surface area contributed by atoms with Gasteiger partial charge in [-0.05, 0) is 42.0 Å². The minimum Gasteiger partial charge on any atom is -0.354 e. The lowest BCUT2D eigenvalue weighted by molar-refractivity contribution is 0.589. The van der Waals surface area contributed by atoms with Gasteiger partial charge in [-0.2, -0.15) is 0 Å². The summed E-state index contributed by atoms with van der Waals surface area (Å²) in [6.07, 6.45) is 3.43. The van der Waals surface area contributed by atoms with Crippen molar-refractivity contribution in [2.24, 2.45) is 7.05 Å². The number of hydrogen-bond donors (Lipinski definition) is 1. The van der Waals surface area contributed by atoms with Gasteiger partial charge in [0.15, 0.2) is 17.5 Å². The van der Waals surface area contributed by atoms with Gasteiger partial charge in [0.2, 0.25) is 5.95 Å². The maximum absolute atomic E-state index is 14.1. The van der Waals surface area contributed by atoms with Crippen LogP contribution in [0.15, 0.2) is 42.7 Å². The Labute approximate surface area is 166 Å². The summed E-state index contributed by atoms with van der Waals surface area (Å²) in [5.74, 6) is 1.41. The third kappa shape index (κ3) is 3.82. The van der Waals surface area contributed by atoms with Crippen molar-refractivity contribution in [3.63, 3.8) is 0 Å². The molecule has 0 fully saturated rings. The van der Waals surface area contributed by atoms with Gasteiger partial charge in [-0.15, -0.1) is 25.2 Å². The van der Waals surface area contributed by atoms with Crippen molar-refractivity contribution in [2.75, 3.05) is 11.9 Å². The number of rotatable bonds is 6. The molecule has 10 heteroatoms. The number of aromatic nitrogens is 8. The normalized spacial score (nSPS) is 12.1. The van der Waals surface area contributed by atoms with Crippen LogP contribution in [0.3, 0.4) is 0 Å². The Balaban J connectivity index is 1.46. The van der Waals surface area contributed by atoms with Crippen LogP contribution in [0.25, 0.3) is 17.1 Å². The molecule has 9 nitrogen and oxygen atoms in total. The molecule has 0 radical (unpaired) electrons. The van der Waals surface area contributed by atoms with Crippen LogP contribution in [0, 0.1) is 12.7 Å². The minimum atomic E-state index is -0.395. The average Bonchev–Trinajstić information content (AvgIpc) is 3.36. The quantitative estimate of drug-likeness (QED) is 0.537. The summed E-state index contributed by atoms with van der Waals surface area (Å²) in [7, 11) is 1.89. The number of pyridine rings is 1. The van der Waals surface area contributed by atoms with Crippen molar-refractivity contribution in [3.8, 4) is 17.1 Å². The largest absolute Gasteiger partial charge is 0.354 e. The predicted octanol–water partition coefficient (Wildman–Crippen LogP) is 2.52. The molecule has 0 aliphatic rings. The van der Waals surface area contributed by atoms with Gasteiger partial charge >= 0.3 is 0 Å². The van der Waals surface area contributed by atoms with Crippen LogP contribution in [0.5, 0.6) is 0 Å². The third-order valence-electron chi connectivity index (χ3n) is 4.57. The summed E-state index contributed by atoms with van der Waals surface area (Å²) >= 11 is 0. The Morgan fingerprint density at radius 1 is 1.10 bits per heavy atom. The molecule has 0 saturated heterocycles. The van der Waals surface area contributed by atoms with Crippen molar-refractivity contribution in [3.05, 3.63) is 59.9 Å². The number of tetrazole rings is 1. The second kappa shape index (κ2) is 7.74. The molecule has 0 saturated carbocycles. The molecule has 0 aliphatic heterocycles. The molecule has 1 unspecified atom stereocenters. The van der Waals surface area contributed by atoms with E-state index in [1.54, 1.807) is 24.5 Å². The summed E-state index contributed by atoms with van der Waals surface area (Å²) in [5, 5.41) is 24.1. The molecule has 0 spiro atoms. The smallest absolute Gasteiger partial charge is 0.224 e. The molecular weight excluding hydrogens is 373 g/mol. The van der Waals surface area contributed by atoms with Gasteiger partial charge in [-0.3, -0.25) is 9.55 Å². The lowest BCUT2D eigenvalue weighted by Gasteiger charge is -2.10. The fraction of sp³-hybridized carbons (Fsp3) is 0.263. The van der Waals surface area contributed by atoms with E-state index in [1.165, 1.54) is 10.9 Å². The maximum atomic E-state index is 14.1. The number of anilines is 1. The van der Waals surface area contributed by atoms with E-state index in [-0.39, 0.29) is 11.6 Å². The highest BCUT2D eigenvalue weighted by Crippen LogP contribution is 2.19. The van der Waals surface area contributed by atoms with Crippen molar-refractivity contribution in [1.29, 1.82) is 0 Å². The molecule has 29 heavy (non-hydrogen) atoms. The molecule has 1 N–H and O–H groups in total. The highest BCUT2D eigenvalue weighted by atomic mass is 19.1. The van der Waals surface area contributed by atoms with Gasteiger partial charge < -0.3 is 5.32 Å². The Bertz CT molecular complexity index is 1120. The van der Waals surface area contributed by atoms with Gasteiger partial charge in [-0.1, -0.05) is 13.0 Å². The van der Waals surface area contributed by atoms with Crippen molar-refractivity contribution in [2.45, 2.75) is 19.8 Å². The summed E-state index contributed by atoms with van der Waals surface area (Å²) in [6, 6.07) is 8.54. The molecule has 1 aromatic carbocycles. The zero-order valence-electron chi connectivity index (χ0n) is 16.3. The number of aryl methyl sites for hydroxylation is 1. The molecular formula is C19H20FN9. The van der Waals surface area contributed by atoms with Crippen molar-refractivity contribution >= 4 is 5.95 Å². The Morgan fingerprint density at radius 2 is 1.90 bits per heavy atom. The lowest BCUT2D eigenvalue weighted by Crippen LogP contribution is -2.14. The van der Waals surface area contributed by atoms with Crippen molar-refractivity contribution in [1.82, 2.24) is 40.0 Å². The van der Waals surface area contributed by atoms with Gasteiger partial charge in [0.1, 0.15) is 5.69 Å². The topological polar surface area (TPSA) is 99.2 Å². The van der Waals surface area contributed by atoms with E-state index in [0.717, 1.165) is 17.0 Å². The fourth-order valence-electron chi connectivity index (χ4n) is 2.87. The number of hydrogen-bond acceptors (Lipinski definition) is 7. The van der Waals surface area contributed by atoms with Crippen LogP contribution >= 0.6 is 0 Å². The third-order valence-corrected chi connectivity index (χ3v) is 4.57.